The summed E-state index contributed by atoms with van der Waals surface area (Å²) in [5.74, 6) is -0.479. The van der Waals surface area contributed by atoms with Crippen LogP contribution in [0.2, 0.25) is 5.02 Å². The number of nitrogens with zero attached hydrogens (tertiary/aromatic N) is 2. The second-order valence-electron chi connectivity index (χ2n) is 4.54. The minimum atomic E-state index is -0.479. The lowest BCUT2D eigenvalue weighted by Crippen LogP contribution is -2.13. The van der Waals surface area contributed by atoms with E-state index in [0.29, 0.717) is 28.5 Å². The molecule has 3 N–H and O–H groups in total. The predicted octanol–water partition coefficient (Wildman–Crippen LogP) is 2.10. The van der Waals surface area contributed by atoms with Crippen LogP contribution in [0.1, 0.15) is 16.1 Å². The van der Waals surface area contributed by atoms with Gasteiger partial charge in [0.1, 0.15) is 0 Å². The van der Waals surface area contributed by atoms with Gasteiger partial charge >= 0.3 is 5.97 Å². The summed E-state index contributed by atoms with van der Waals surface area (Å²) in [4.78, 5) is 11.8. The van der Waals surface area contributed by atoms with Gasteiger partial charge in [-0.1, -0.05) is 11.6 Å². The van der Waals surface area contributed by atoms with Gasteiger partial charge in [-0.15, -0.1) is 0 Å². The molecule has 0 atom stereocenters. The number of aryl methyl sites for hydroxylation is 1. The predicted molar refractivity (Wildman–Crippen MR) is 82.6 cm³/mol. The Bertz CT molecular complexity index is 654. The third-order valence-corrected chi connectivity index (χ3v) is 3.42. The summed E-state index contributed by atoms with van der Waals surface area (Å²) in [5, 5.41) is 7.65. The first-order valence-electron chi connectivity index (χ1n) is 6.41. The Morgan fingerprint density at radius 2 is 2.29 bits per heavy atom. The van der Waals surface area contributed by atoms with Crippen molar-refractivity contribution in [3.8, 4) is 0 Å². The molecule has 7 heteroatoms. The van der Waals surface area contributed by atoms with Crippen LogP contribution < -0.4 is 11.1 Å². The van der Waals surface area contributed by atoms with E-state index in [0.717, 1.165) is 12.1 Å². The van der Waals surface area contributed by atoms with Gasteiger partial charge in [0.25, 0.3) is 0 Å². The van der Waals surface area contributed by atoms with E-state index in [9.17, 15) is 4.79 Å². The van der Waals surface area contributed by atoms with Crippen LogP contribution in [0.3, 0.4) is 0 Å². The second kappa shape index (κ2) is 6.49. The number of carbonyl (C=O) groups excluding carboxylic acids is 1. The van der Waals surface area contributed by atoms with Crippen molar-refractivity contribution in [1.29, 1.82) is 0 Å². The van der Waals surface area contributed by atoms with E-state index in [1.165, 1.54) is 7.11 Å². The number of methoxy groups -OCH3 is 1. The van der Waals surface area contributed by atoms with Crippen molar-refractivity contribution >= 4 is 28.9 Å². The molecule has 0 radical (unpaired) electrons. The van der Waals surface area contributed by atoms with Gasteiger partial charge in [-0.25, -0.2) is 4.79 Å². The molecule has 1 aromatic heterocycles. The van der Waals surface area contributed by atoms with Crippen molar-refractivity contribution in [2.45, 2.75) is 6.42 Å². The third kappa shape index (κ3) is 3.46. The van der Waals surface area contributed by atoms with Gasteiger partial charge in [-0.3, -0.25) is 4.68 Å². The zero-order valence-corrected chi connectivity index (χ0v) is 12.6. The highest BCUT2D eigenvalue weighted by atomic mass is 35.5. The molecule has 112 valence electrons. The lowest BCUT2D eigenvalue weighted by atomic mass is 10.1. The van der Waals surface area contributed by atoms with Crippen LogP contribution in [-0.4, -0.2) is 29.4 Å². The number of anilines is 2. The Hall–Kier alpha value is -2.21. The molecule has 2 aromatic rings. The average Bonchev–Trinajstić information content (AvgIpc) is 2.85. The SMILES string of the molecule is COC(=O)c1cc(N)cc(Cl)c1NCCc1ccnn1C. The Kier molecular flexibility index (Phi) is 4.70. The Morgan fingerprint density at radius 1 is 1.52 bits per heavy atom. The number of ether oxygens (including phenoxy) is 1. The minimum absolute atomic E-state index is 0.326. The number of esters is 1. The molecule has 1 aromatic carbocycles. The summed E-state index contributed by atoms with van der Waals surface area (Å²) in [7, 11) is 3.20. The van der Waals surface area contributed by atoms with Crippen molar-refractivity contribution < 1.29 is 9.53 Å². The van der Waals surface area contributed by atoms with Crippen molar-refractivity contribution in [3.05, 3.63) is 40.7 Å². The molecule has 0 bridgehead atoms. The van der Waals surface area contributed by atoms with E-state index in [-0.39, 0.29) is 0 Å². The number of hydrogen-bond acceptors (Lipinski definition) is 5. The fraction of sp³-hybridized carbons (Fsp3) is 0.286. The zero-order chi connectivity index (χ0) is 15.4. The molecular formula is C14H17ClN4O2. The van der Waals surface area contributed by atoms with Crippen LogP contribution in [0.4, 0.5) is 11.4 Å². The van der Waals surface area contributed by atoms with Crippen molar-refractivity contribution in [1.82, 2.24) is 9.78 Å². The minimum Gasteiger partial charge on any atom is -0.465 e. The largest absolute Gasteiger partial charge is 0.465 e. The van der Waals surface area contributed by atoms with Gasteiger partial charge in [0.05, 0.1) is 23.4 Å². The molecule has 0 aliphatic carbocycles. The molecule has 2 rings (SSSR count). The topological polar surface area (TPSA) is 82.2 Å². The summed E-state index contributed by atoms with van der Waals surface area (Å²) < 4.78 is 6.55. The van der Waals surface area contributed by atoms with Crippen LogP contribution in [0.5, 0.6) is 0 Å². The van der Waals surface area contributed by atoms with Gasteiger partial charge in [-0.2, -0.15) is 5.10 Å². The Morgan fingerprint density at radius 3 is 2.90 bits per heavy atom. The fourth-order valence-electron chi connectivity index (χ4n) is 2.04. The molecule has 21 heavy (non-hydrogen) atoms. The maximum absolute atomic E-state index is 11.8. The average molecular weight is 309 g/mol. The van der Waals surface area contributed by atoms with Crippen LogP contribution in [-0.2, 0) is 18.2 Å². The van der Waals surface area contributed by atoms with Gasteiger partial charge in [0.15, 0.2) is 0 Å². The number of benzene rings is 1. The standard InChI is InChI=1S/C14H17ClN4O2/c1-19-10(4-6-18-19)3-5-17-13-11(14(20)21-2)7-9(16)8-12(13)15/h4,6-8,17H,3,5,16H2,1-2H3. The van der Waals surface area contributed by atoms with E-state index in [1.807, 2.05) is 13.1 Å². The maximum atomic E-state index is 11.8. The molecule has 0 fully saturated rings. The van der Waals surface area contributed by atoms with Gasteiger partial charge < -0.3 is 15.8 Å². The summed E-state index contributed by atoms with van der Waals surface area (Å²) >= 11 is 6.16. The van der Waals surface area contributed by atoms with E-state index < -0.39 is 5.97 Å². The van der Waals surface area contributed by atoms with Crippen LogP contribution in [0.25, 0.3) is 0 Å². The zero-order valence-electron chi connectivity index (χ0n) is 11.9. The smallest absolute Gasteiger partial charge is 0.340 e. The number of hydrogen-bond donors (Lipinski definition) is 2. The van der Waals surface area contributed by atoms with E-state index in [2.05, 4.69) is 10.4 Å². The lowest BCUT2D eigenvalue weighted by molar-refractivity contribution is 0.0602. The molecule has 6 nitrogen and oxygen atoms in total. The second-order valence-corrected chi connectivity index (χ2v) is 4.95. The van der Waals surface area contributed by atoms with E-state index >= 15 is 0 Å². The molecule has 0 aliphatic heterocycles. The quantitative estimate of drug-likeness (QED) is 0.653. The number of nitrogens with one attached hydrogen (secondary N) is 1. The van der Waals surface area contributed by atoms with Gasteiger partial charge in [-0.05, 0) is 18.2 Å². The first kappa shape index (κ1) is 15.2. The Balaban J connectivity index is 2.15. The highest BCUT2D eigenvalue weighted by Crippen LogP contribution is 2.29. The van der Waals surface area contributed by atoms with Crippen molar-refractivity contribution in [2.24, 2.45) is 7.05 Å². The number of rotatable bonds is 5. The number of nitrogen functional groups attached to an aromatic ring is 1. The number of carbonyl (C=O) groups is 1. The summed E-state index contributed by atoms with van der Waals surface area (Å²) in [5.41, 5.74) is 8.06. The van der Waals surface area contributed by atoms with Crippen LogP contribution in [0.15, 0.2) is 24.4 Å². The molecule has 0 aliphatic rings. The molecule has 0 spiro atoms. The Labute approximate surface area is 127 Å². The number of halogens is 1. The van der Waals surface area contributed by atoms with Gasteiger partial charge in [0.2, 0.25) is 0 Å². The first-order valence-corrected chi connectivity index (χ1v) is 6.78. The van der Waals surface area contributed by atoms with Crippen molar-refractivity contribution in [3.63, 3.8) is 0 Å². The van der Waals surface area contributed by atoms with Crippen LogP contribution in [0, 0.1) is 0 Å². The molecule has 0 amide bonds. The summed E-state index contributed by atoms with van der Waals surface area (Å²) in [6.45, 7) is 0.604. The summed E-state index contributed by atoms with van der Waals surface area (Å²) in [6, 6.07) is 5.08. The van der Waals surface area contributed by atoms with Crippen molar-refractivity contribution in [2.75, 3.05) is 24.7 Å². The fourth-order valence-corrected chi connectivity index (χ4v) is 2.33. The third-order valence-electron chi connectivity index (χ3n) is 3.12. The molecule has 0 saturated carbocycles. The normalized spacial score (nSPS) is 10.4. The van der Waals surface area contributed by atoms with Gasteiger partial charge in [0, 0.05) is 37.6 Å². The van der Waals surface area contributed by atoms with Crippen LogP contribution >= 0.6 is 11.6 Å². The highest BCUT2D eigenvalue weighted by molar-refractivity contribution is 6.34. The van der Waals surface area contributed by atoms with E-state index in [1.54, 1.807) is 23.0 Å². The first-order chi connectivity index (χ1) is 10.0. The molecule has 0 saturated heterocycles. The summed E-state index contributed by atoms with van der Waals surface area (Å²) in [6.07, 6.45) is 2.49. The molecule has 1 heterocycles. The molecule has 0 unspecified atom stereocenters. The monoisotopic (exact) mass is 308 g/mol. The highest BCUT2D eigenvalue weighted by Gasteiger charge is 2.16. The molecular weight excluding hydrogens is 292 g/mol. The lowest BCUT2D eigenvalue weighted by Gasteiger charge is -2.13. The maximum Gasteiger partial charge on any atom is 0.340 e. The van der Waals surface area contributed by atoms with E-state index in [4.69, 9.17) is 22.1 Å². The number of nitrogens with two attached hydrogens (primary N) is 1. The number of aromatic nitrogens is 2.